The van der Waals surface area contributed by atoms with Crippen LogP contribution in [0.3, 0.4) is 0 Å². The van der Waals surface area contributed by atoms with Crippen LogP contribution in [-0.2, 0) is 46.9 Å². The van der Waals surface area contributed by atoms with Gasteiger partial charge in [-0.25, -0.2) is 9.36 Å². The van der Waals surface area contributed by atoms with Gasteiger partial charge in [-0.1, -0.05) is 126 Å². The number of benzene rings is 3. The lowest BCUT2D eigenvalue weighted by atomic mass is 9.75. The zero-order valence-electron chi connectivity index (χ0n) is 28.5. The van der Waals surface area contributed by atoms with Crippen molar-refractivity contribution in [3.05, 3.63) is 82.4 Å². The van der Waals surface area contributed by atoms with Crippen LogP contribution in [0.4, 0.5) is 0 Å². The highest BCUT2D eigenvalue weighted by Gasteiger charge is 2.42. The van der Waals surface area contributed by atoms with E-state index in [1.807, 2.05) is 30.3 Å². The number of hydrogen-bond acceptors (Lipinski definition) is 6. The smallest absolute Gasteiger partial charge is 0.459 e. The predicted molar refractivity (Wildman–Crippen MR) is 178 cm³/mol. The molecule has 3 aromatic rings. The van der Waals surface area contributed by atoms with Gasteiger partial charge in [0.15, 0.2) is 6.61 Å². The standard InChI is InChI=1S/C37H49O6P/c1-34(2,3)25-18-27-28-19-26(35(4,5)6)21-30(37(10,11)12)33(28)43-44(39,42-32(27)29(20-25)36(7,8)9)41-23-31(38)40-22-24-16-14-13-15-17-24/h13-21H,22-23H2,1-12H3. The van der Waals surface area contributed by atoms with Crippen LogP contribution in [0.25, 0.3) is 11.1 Å². The second-order valence-electron chi connectivity index (χ2n) is 15.9. The molecule has 0 fully saturated rings. The summed E-state index contributed by atoms with van der Waals surface area (Å²) in [7, 11) is -4.38. The number of ether oxygens (including phenoxy) is 1. The van der Waals surface area contributed by atoms with Crippen molar-refractivity contribution in [3.8, 4) is 22.6 Å². The van der Waals surface area contributed by atoms with E-state index in [1.165, 1.54) is 0 Å². The number of carbonyl (C=O) groups excluding carboxylic acids is 1. The summed E-state index contributed by atoms with van der Waals surface area (Å²) < 4.78 is 38.5. The molecule has 0 saturated heterocycles. The molecule has 4 rings (SSSR count). The van der Waals surface area contributed by atoms with Gasteiger partial charge in [0.05, 0.1) is 0 Å². The minimum absolute atomic E-state index is 0.0776. The van der Waals surface area contributed by atoms with Gasteiger partial charge in [-0.05, 0) is 50.5 Å². The maximum absolute atomic E-state index is 14.6. The van der Waals surface area contributed by atoms with Crippen LogP contribution in [0.5, 0.6) is 11.5 Å². The van der Waals surface area contributed by atoms with Gasteiger partial charge in [-0.3, -0.25) is 4.52 Å². The Morgan fingerprint density at radius 3 is 1.48 bits per heavy atom. The van der Waals surface area contributed by atoms with Gasteiger partial charge < -0.3 is 13.8 Å². The average molecular weight is 621 g/mol. The van der Waals surface area contributed by atoms with Gasteiger partial charge in [0.1, 0.15) is 18.1 Å². The Bertz CT molecular complexity index is 1490. The summed E-state index contributed by atoms with van der Waals surface area (Å²) in [5.74, 6) is 0.214. The third kappa shape index (κ3) is 7.58. The van der Waals surface area contributed by atoms with Crippen LogP contribution in [0, 0.1) is 0 Å². The number of carbonyl (C=O) groups is 1. The lowest BCUT2D eigenvalue weighted by molar-refractivity contribution is -0.147. The number of esters is 1. The summed E-state index contributed by atoms with van der Waals surface area (Å²) in [6.07, 6.45) is 0. The van der Waals surface area contributed by atoms with Gasteiger partial charge in [0.25, 0.3) is 0 Å². The second-order valence-corrected chi connectivity index (χ2v) is 17.4. The molecule has 238 valence electrons. The Morgan fingerprint density at radius 2 is 1.09 bits per heavy atom. The highest BCUT2D eigenvalue weighted by atomic mass is 31.2. The van der Waals surface area contributed by atoms with Crippen molar-refractivity contribution < 1.29 is 27.7 Å². The fourth-order valence-electron chi connectivity index (χ4n) is 5.04. The van der Waals surface area contributed by atoms with E-state index < -0.39 is 20.4 Å². The summed E-state index contributed by atoms with van der Waals surface area (Å²) in [4.78, 5) is 12.8. The fourth-order valence-corrected chi connectivity index (χ4v) is 6.29. The predicted octanol–water partition coefficient (Wildman–Crippen LogP) is 10.2. The molecule has 0 bridgehead atoms. The Morgan fingerprint density at radius 1 is 0.659 bits per heavy atom. The molecule has 0 atom stereocenters. The molecule has 7 heteroatoms. The molecule has 1 aliphatic heterocycles. The van der Waals surface area contributed by atoms with Crippen LogP contribution in [0.15, 0.2) is 54.6 Å². The quantitative estimate of drug-likeness (QED) is 0.209. The topological polar surface area (TPSA) is 71.1 Å². The van der Waals surface area contributed by atoms with Crippen molar-refractivity contribution in [2.45, 2.75) is 111 Å². The van der Waals surface area contributed by atoms with Crippen LogP contribution < -0.4 is 9.05 Å². The van der Waals surface area contributed by atoms with Crippen molar-refractivity contribution in [1.82, 2.24) is 0 Å². The van der Waals surface area contributed by atoms with E-state index in [1.54, 1.807) is 0 Å². The maximum Gasteiger partial charge on any atom is 0.588 e. The first-order chi connectivity index (χ1) is 20.1. The van der Waals surface area contributed by atoms with Gasteiger partial charge in [0.2, 0.25) is 0 Å². The van der Waals surface area contributed by atoms with Crippen molar-refractivity contribution >= 4 is 13.8 Å². The summed E-state index contributed by atoms with van der Waals surface area (Å²) >= 11 is 0. The largest absolute Gasteiger partial charge is 0.588 e. The first-order valence-electron chi connectivity index (χ1n) is 15.3. The minimum atomic E-state index is -4.38. The van der Waals surface area contributed by atoms with E-state index in [9.17, 15) is 9.36 Å². The normalized spacial score (nSPS) is 14.9. The van der Waals surface area contributed by atoms with E-state index >= 15 is 0 Å². The average Bonchev–Trinajstić information content (AvgIpc) is 3.01. The SMILES string of the molecule is CC(C)(C)c1cc2c(c(C(C)(C)C)c1)OP(=O)(OCC(=O)OCc1ccccc1)Oc1c-2cc(C(C)(C)C)cc1C(C)(C)C. The third-order valence-corrected chi connectivity index (χ3v) is 9.06. The molecule has 3 aromatic carbocycles. The molecule has 1 heterocycles. The first-order valence-corrected chi connectivity index (χ1v) is 16.8. The van der Waals surface area contributed by atoms with E-state index in [0.29, 0.717) is 11.5 Å². The maximum atomic E-state index is 14.6. The zero-order chi connectivity index (χ0) is 32.9. The van der Waals surface area contributed by atoms with Crippen molar-refractivity contribution in [2.24, 2.45) is 0 Å². The fraction of sp³-hybridized carbons (Fsp3) is 0.486. The number of hydrogen-bond donors (Lipinski definition) is 0. The third-order valence-electron chi connectivity index (χ3n) is 7.81. The molecule has 0 N–H and O–H groups in total. The van der Waals surface area contributed by atoms with Crippen LogP contribution in [0.1, 0.15) is 111 Å². The lowest BCUT2D eigenvalue weighted by Crippen LogP contribution is -2.19. The Balaban J connectivity index is 1.92. The summed E-state index contributed by atoms with van der Waals surface area (Å²) in [6, 6.07) is 17.9. The molecule has 0 aliphatic carbocycles. The number of phosphoric acid groups is 1. The van der Waals surface area contributed by atoms with Crippen LogP contribution in [0.2, 0.25) is 0 Å². The van der Waals surface area contributed by atoms with Gasteiger partial charge in [-0.2, -0.15) is 0 Å². The van der Waals surface area contributed by atoms with Crippen LogP contribution >= 0.6 is 7.82 Å². The molecule has 0 saturated carbocycles. The summed E-state index contributed by atoms with van der Waals surface area (Å²) in [6.45, 7) is 25.2. The molecular formula is C37H49O6P. The molecule has 0 aromatic heterocycles. The monoisotopic (exact) mass is 620 g/mol. The molecule has 0 spiro atoms. The molecular weight excluding hydrogens is 571 g/mol. The van der Waals surface area contributed by atoms with Crippen LogP contribution in [-0.4, -0.2) is 12.6 Å². The Labute approximate surface area is 264 Å². The van der Waals surface area contributed by atoms with Crippen molar-refractivity contribution in [1.29, 1.82) is 0 Å². The minimum Gasteiger partial charge on any atom is -0.459 e. The molecule has 6 nitrogen and oxygen atoms in total. The number of phosphoric ester groups is 1. The Hall–Kier alpha value is -3.08. The highest BCUT2D eigenvalue weighted by molar-refractivity contribution is 7.49. The highest BCUT2D eigenvalue weighted by Crippen LogP contribution is 2.61. The lowest BCUT2D eigenvalue weighted by Gasteiger charge is -2.30. The molecule has 0 radical (unpaired) electrons. The summed E-state index contributed by atoms with van der Waals surface area (Å²) in [5, 5.41) is 0. The first kappa shape index (κ1) is 33.8. The van der Waals surface area contributed by atoms with E-state index in [-0.39, 0.29) is 28.3 Å². The molecule has 44 heavy (non-hydrogen) atoms. The number of fused-ring (bicyclic) bond motifs is 3. The van der Waals surface area contributed by atoms with E-state index in [2.05, 4.69) is 107 Å². The van der Waals surface area contributed by atoms with E-state index in [4.69, 9.17) is 18.3 Å². The molecule has 0 amide bonds. The Kier molecular flexibility index (Phi) is 8.98. The zero-order valence-corrected chi connectivity index (χ0v) is 29.4. The molecule has 1 aliphatic rings. The van der Waals surface area contributed by atoms with Gasteiger partial charge in [-0.15, -0.1) is 0 Å². The van der Waals surface area contributed by atoms with Crippen molar-refractivity contribution in [2.75, 3.05) is 6.61 Å². The van der Waals surface area contributed by atoms with Gasteiger partial charge in [0, 0.05) is 22.3 Å². The number of rotatable bonds is 5. The van der Waals surface area contributed by atoms with Gasteiger partial charge >= 0.3 is 13.8 Å². The van der Waals surface area contributed by atoms with E-state index in [0.717, 1.165) is 38.9 Å². The summed E-state index contributed by atoms with van der Waals surface area (Å²) in [5.41, 5.74) is 5.35. The molecule has 0 unspecified atom stereocenters. The second kappa shape index (κ2) is 11.7. The van der Waals surface area contributed by atoms with Crippen molar-refractivity contribution in [3.63, 3.8) is 0 Å².